The van der Waals surface area contributed by atoms with Crippen LogP contribution < -0.4 is 4.72 Å². The average molecular weight is 401 g/mol. The average Bonchev–Trinajstić information content (AvgIpc) is 2.98. The zero-order chi connectivity index (χ0) is 20.3. The van der Waals surface area contributed by atoms with Gasteiger partial charge in [-0.25, -0.2) is 4.72 Å². The van der Waals surface area contributed by atoms with Gasteiger partial charge in [0.2, 0.25) is 0 Å². The number of fused-ring (bicyclic) bond motifs is 1. The van der Waals surface area contributed by atoms with E-state index in [1.807, 2.05) is 12.1 Å². The molecule has 3 rings (SSSR count). The largest absolute Gasteiger partial charge is 0.347 e. The molecule has 0 amide bonds. The van der Waals surface area contributed by atoms with E-state index < -0.39 is 10.2 Å². The van der Waals surface area contributed by atoms with Gasteiger partial charge in [0, 0.05) is 56.7 Å². The molecule has 0 bridgehead atoms. The topological polar surface area (TPSA) is 67.2 Å². The Hall–Kier alpha value is -2.22. The smallest absolute Gasteiger partial charge is 0.278 e. The predicted octanol–water partition coefficient (Wildman–Crippen LogP) is 3.30. The first kappa shape index (κ1) is 20.5. The minimum atomic E-state index is -3.42. The molecule has 150 valence electrons. The third kappa shape index (κ3) is 4.60. The molecule has 0 atom stereocenters. The maximum absolute atomic E-state index is 12.0. The van der Waals surface area contributed by atoms with Crippen LogP contribution in [0.1, 0.15) is 19.4 Å². The summed E-state index contributed by atoms with van der Waals surface area (Å²) in [4.78, 5) is 4.09. The molecule has 7 heteroatoms. The van der Waals surface area contributed by atoms with E-state index in [-0.39, 0.29) is 0 Å². The van der Waals surface area contributed by atoms with Crippen molar-refractivity contribution < 1.29 is 8.42 Å². The van der Waals surface area contributed by atoms with Crippen LogP contribution in [0.15, 0.2) is 48.9 Å². The van der Waals surface area contributed by atoms with Crippen molar-refractivity contribution in [2.45, 2.75) is 26.8 Å². The summed E-state index contributed by atoms with van der Waals surface area (Å²) in [5.41, 5.74) is 4.57. The maximum Gasteiger partial charge on any atom is 0.278 e. The van der Waals surface area contributed by atoms with Gasteiger partial charge in [-0.05, 0) is 53.3 Å². The van der Waals surface area contributed by atoms with E-state index in [0.717, 1.165) is 23.2 Å². The molecule has 6 nitrogen and oxygen atoms in total. The molecule has 1 aromatic carbocycles. The fourth-order valence-corrected chi connectivity index (χ4v) is 3.90. The van der Waals surface area contributed by atoms with Crippen LogP contribution >= 0.6 is 0 Å². The lowest BCUT2D eigenvalue weighted by atomic mass is 10.0. The monoisotopic (exact) mass is 400 g/mol. The molecule has 0 spiro atoms. The van der Waals surface area contributed by atoms with Crippen molar-refractivity contribution in [3.63, 3.8) is 0 Å². The molecule has 3 aromatic rings. The first-order valence-corrected chi connectivity index (χ1v) is 10.9. The van der Waals surface area contributed by atoms with Crippen LogP contribution in [-0.4, -0.2) is 42.9 Å². The molecule has 0 aliphatic carbocycles. The van der Waals surface area contributed by atoms with Crippen LogP contribution in [0.4, 0.5) is 0 Å². The number of nitrogens with zero attached hydrogens (tertiary/aromatic N) is 3. The molecule has 0 saturated heterocycles. The fraction of sp³-hybridized carbons (Fsp3) is 0.381. The van der Waals surface area contributed by atoms with E-state index in [2.05, 4.69) is 52.5 Å². The highest BCUT2D eigenvalue weighted by Crippen LogP contribution is 2.28. The van der Waals surface area contributed by atoms with Gasteiger partial charge in [-0.15, -0.1) is 0 Å². The number of benzene rings is 1. The number of pyridine rings is 1. The van der Waals surface area contributed by atoms with Crippen molar-refractivity contribution in [3.8, 4) is 11.1 Å². The molecule has 28 heavy (non-hydrogen) atoms. The zero-order valence-electron chi connectivity index (χ0n) is 16.9. The van der Waals surface area contributed by atoms with Gasteiger partial charge in [-0.3, -0.25) is 4.98 Å². The Morgan fingerprint density at radius 3 is 2.46 bits per heavy atom. The van der Waals surface area contributed by atoms with Gasteiger partial charge in [-0.1, -0.05) is 19.9 Å². The standard InChI is InChI=1S/C21H28N4O2S/c1-16(2)14-25-15-19(9-12-23-28(26,27)24(3)4)20-13-18(5-6-21(20)25)17-7-10-22-11-8-17/h5-8,10-11,13,15-16,23H,9,12,14H2,1-4H3. The Kier molecular flexibility index (Phi) is 6.17. The van der Waals surface area contributed by atoms with Crippen molar-refractivity contribution in [3.05, 3.63) is 54.5 Å². The fourth-order valence-electron chi connectivity index (χ4n) is 3.28. The third-order valence-electron chi connectivity index (χ3n) is 4.70. The van der Waals surface area contributed by atoms with E-state index in [1.165, 1.54) is 29.3 Å². The summed E-state index contributed by atoms with van der Waals surface area (Å²) in [6.45, 7) is 5.68. The second-order valence-electron chi connectivity index (χ2n) is 7.60. The summed E-state index contributed by atoms with van der Waals surface area (Å²) in [6, 6.07) is 10.5. The number of hydrogen-bond donors (Lipinski definition) is 1. The van der Waals surface area contributed by atoms with Crippen LogP contribution in [0.25, 0.3) is 22.0 Å². The summed E-state index contributed by atoms with van der Waals surface area (Å²) >= 11 is 0. The van der Waals surface area contributed by atoms with Crippen LogP contribution in [-0.2, 0) is 23.2 Å². The molecule has 0 unspecified atom stereocenters. The quantitative estimate of drug-likeness (QED) is 0.631. The number of hydrogen-bond acceptors (Lipinski definition) is 3. The van der Waals surface area contributed by atoms with Crippen molar-refractivity contribution in [1.29, 1.82) is 0 Å². The lowest BCUT2D eigenvalue weighted by Gasteiger charge is -2.12. The van der Waals surface area contributed by atoms with E-state index >= 15 is 0 Å². The Morgan fingerprint density at radius 2 is 1.82 bits per heavy atom. The number of aromatic nitrogens is 2. The van der Waals surface area contributed by atoms with Gasteiger partial charge in [0.25, 0.3) is 10.2 Å². The summed E-state index contributed by atoms with van der Waals surface area (Å²) in [7, 11) is -0.364. The molecule has 2 aromatic heterocycles. The van der Waals surface area contributed by atoms with Crippen LogP contribution in [0.2, 0.25) is 0 Å². The molecule has 1 N–H and O–H groups in total. The summed E-state index contributed by atoms with van der Waals surface area (Å²) in [5.74, 6) is 0.524. The van der Waals surface area contributed by atoms with Gasteiger partial charge in [-0.2, -0.15) is 12.7 Å². The molecule has 0 aliphatic heterocycles. The maximum atomic E-state index is 12.0. The van der Waals surface area contributed by atoms with Crippen LogP contribution in [0.3, 0.4) is 0 Å². The van der Waals surface area contributed by atoms with Gasteiger partial charge in [0.05, 0.1) is 0 Å². The highest BCUT2D eigenvalue weighted by atomic mass is 32.2. The van der Waals surface area contributed by atoms with E-state index in [9.17, 15) is 8.42 Å². The highest BCUT2D eigenvalue weighted by Gasteiger charge is 2.14. The molecule has 2 heterocycles. The molecular weight excluding hydrogens is 372 g/mol. The van der Waals surface area contributed by atoms with Gasteiger partial charge in [0.1, 0.15) is 0 Å². The highest BCUT2D eigenvalue weighted by molar-refractivity contribution is 7.87. The zero-order valence-corrected chi connectivity index (χ0v) is 17.7. The van der Waals surface area contributed by atoms with Gasteiger partial charge in [0.15, 0.2) is 0 Å². The first-order valence-electron chi connectivity index (χ1n) is 9.47. The van der Waals surface area contributed by atoms with Crippen molar-refractivity contribution in [2.75, 3.05) is 20.6 Å². The molecular formula is C21H28N4O2S. The lowest BCUT2D eigenvalue weighted by Crippen LogP contribution is -2.36. The summed E-state index contributed by atoms with van der Waals surface area (Å²) < 4.78 is 30.1. The van der Waals surface area contributed by atoms with Crippen molar-refractivity contribution >= 4 is 21.1 Å². The number of nitrogens with one attached hydrogen (secondary N) is 1. The third-order valence-corrected chi connectivity index (χ3v) is 6.23. The van der Waals surface area contributed by atoms with Crippen LogP contribution in [0, 0.1) is 5.92 Å². The Labute approximate surface area is 167 Å². The van der Waals surface area contributed by atoms with Gasteiger partial charge < -0.3 is 4.57 Å². The SMILES string of the molecule is CC(C)Cn1cc(CCNS(=O)(=O)N(C)C)c2cc(-c3ccncc3)ccc21. The lowest BCUT2D eigenvalue weighted by molar-refractivity contribution is 0.506. The second kappa shape index (κ2) is 8.43. The molecule has 0 saturated carbocycles. The van der Waals surface area contributed by atoms with Crippen molar-refractivity contribution in [1.82, 2.24) is 18.6 Å². The molecule has 0 aliphatic rings. The first-order chi connectivity index (χ1) is 13.3. The minimum Gasteiger partial charge on any atom is -0.347 e. The molecule has 0 radical (unpaired) electrons. The predicted molar refractivity (Wildman–Crippen MR) is 114 cm³/mol. The Morgan fingerprint density at radius 1 is 1.11 bits per heavy atom. The van der Waals surface area contributed by atoms with Gasteiger partial charge >= 0.3 is 0 Å². The Bertz CT molecular complexity index is 1040. The van der Waals surface area contributed by atoms with E-state index in [4.69, 9.17) is 0 Å². The number of rotatable bonds is 8. The van der Waals surface area contributed by atoms with Crippen LogP contribution in [0.5, 0.6) is 0 Å². The molecule has 0 fully saturated rings. The Balaban J connectivity index is 1.95. The van der Waals surface area contributed by atoms with E-state index in [1.54, 1.807) is 12.4 Å². The normalized spacial score (nSPS) is 12.4. The van der Waals surface area contributed by atoms with E-state index in [0.29, 0.717) is 18.9 Å². The van der Waals surface area contributed by atoms with Crippen molar-refractivity contribution in [2.24, 2.45) is 5.92 Å². The summed E-state index contributed by atoms with van der Waals surface area (Å²) in [6.07, 6.45) is 6.38. The minimum absolute atomic E-state index is 0.362. The second-order valence-corrected chi connectivity index (χ2v) is 9.57. The summed E-state index contributed by atoms with van der Waals surface area (Å²) in [5, 5.41) is 1.17.